The molecule has 9 heteroatoms. The van der Waals surface area contributed by atoms with E-state index in [1.807, 2.05) is 0 Å². The van der Waals surface area contributed by atoms with Crippen molar-refractivity contribution in [1.82, 2.24) is 10.7 Å². The van der Waals surface area contributed by atoms with Crippen molar-refractivity contribution in [2.45, 2.75) is 84.0 Å². The Hall–Kier alpha value is -3.39. The van der Waals surface area contributed by atoms with Crippen LogP contribution in [0.1, 0.15) is 99.9 Å². The van der Waals surface area contributed by atoms with E-state index in [9.17, 15) is 14.4 Å². The Morgan fingerprint density at radius 2 is 1.50 bits per heavy atom. The molecule has 0 spiro atoms. The summed E-state index contributed by atoms with van der Waals surface area (Å²) in [4.78, 5) is 36.5. The average molecular weight is 572 g/mol. The minimum Gasteiger partial charge on any atom is -0.493 e. The van der Waals surface area contributed by atoms with E-state index in [0.29, 0.717) is 17.7 Å². The zero-order chi connectivity index (χ0) is 29.0. The van der Waals surface area contributed by atoms with Gasteiger partial charge in [0.25, 0.3) is 5.91 Å². The highest BCUT2D eigenvalue weighted by Gasteiger charge is 2.15. The lowest BCUT2D eigenvalue weighted by atomic mass is 10.1. The third-order valence-corrected chi connectivity index (χ3v) is 6.67. The van der Waals surface area contributed by atoms with Gasteiger partial charge in [0.1, 0.15) is 0 Å². The predicted molar refractivity (Wildman–Crippen MR) is 159 cm³/mol. The maximum Gasteiger partial charge on any atom is 0.345 e. The fourth-order valence-corrected chi connectivity index (χ4v) is 4.28. The first-order valence-corrected chi connectivity index (χ1v) is 14.6. The molecule has 218 valence electrons. The lowest BCUT2D eigenvalue weighted by Gasteiger charge is -2.10. The van der Waals surface area contributed by atoms with Gasteiger partial charge in [0.2, 0.25) is 5.91 Å². The standard InChI is InChI=1S/C31H42ClN3O5/c1-3-4-5-6-7-8-9-10-11-12-13-18-29(36)33-23-30(37)35-34-22-24-19-20-27(28(21-24)39-2)40-31(38)25-16-14-15-17-26(25)32/h14-17,19-22H,3-13,18,23H2,1-2H3,(H,33,36)(H,35,37)/b34-22-. The zero-order valence-electron chi connectivity index (χ0n) is 23.7. The summed E-state index contributed by atoms with van der Waals surface area (Å²) in [6.45, 7) is 2.09. The van der Waals surface area contributed by atoms with Crippen molar-refractivity contribution in [3.8, 4) is 11.5 Å². The van der Waals surface area contributed by atoms with E-state index in [-0.39, 0.29) is 28.8 Å². The number of methoxy groups -OCH3 is 1. The fraction of sp³-hybridized carbons (Fsp3) is 0.484. The third kappa shape index (κ3) is 13.1. The minimum atomic E-state index is -0.608. The number of unbranched alkanes of at least 4 members (excludes halogenated alkanes) is 10. The van der Waals surface area contributed by atoms with Gasteiger partial charge in [-0.1, -0.05) is 94.9 Å². The van der Waals surface area contributed by atoms with Crippen LogP contribution in [0.15, 0.2) is 47.6 Å². The van der Waals surface area contributed by atoms with Gasteiger partial charge in [-0.3, -0.25) is 9.59 Å². The topological polar surface area (TPSA) is 106 Å². The summed E-state index contributed by atoms with van der Waals surface area (Å²) in [5.74, 6) is -0.648. The Morgan fingerprint density at radius 3 is 2.15 bits per heavy atom. The maximum absolute atomic E-state index is 12.4. The van der Waals surface area contributed by atoms with Crippen molar-refractivity contribution in [2.24, 2.45) is 5.10 Å². The number of hydrogen-bond donors (Lipinski definition) is 2. The molecule has 0 aromatic heterocycles. The van der Waals surface area contributed by atoms with Crippen molar-refractivity contribution < 1.29 is 23.9 Å². The van der Waals surface area contributed by atoms with E-state index >= 15 is 0 Å². The smallest absolute Gasteiger partial charge is 0.345 e. The van der Waals surface area contributed by atoms with Crippen LogP contribution in [0.5, 0.6) is 11.5 Å². The summed E-state index contributed by atoms with van der Waals surface area (Å²) in [6, 6.07) is 11.4. The number of carbonyl (C=O) groups is 3. The summed E-state index contributed by atoms with van der Waals surface area (Å²) >= 11 is 6.06. The highest BCUT2D eigenvalue weighted by atomic mass is 35.5. The molecule has 0 unspecified atom stereocenters. The van der Waals surface area contributed by atoms with Gasteiger partial charge in [0.15, 0.2) is 11.5 Å². The molecule has 2 aromatic carbocycles. The molecule has 0 atom stereocenters. The first-order valence-electron chi connectivity index (χ1n) is 14.2. The van der Waals surface area contributed by atoms with E-state index in [1.54, 1.807) is 42.5 Å². The number of rotatable bonds is 19. The number of ether oxygens (including phenoxy) is 2. The molecule has 2 aromatic rings. The Morgan fingerprint density at radius 1 is 0.850 bits per heavy atom. The molecule has 0 aliphatic heterocycles. The summed E-state index contributed by atoms with van der Waals surface area (Å²) in [6.07, 6.45) is 15.3. The van der Waals surface area contributed by atoms with Gasteiger partial charge >= 0.3 is 5.97 Å². The molecule has 0 saturated heterocycles. The van der Waals surface area contributed by atoms with Gasteiger partial charge in [0.05, 0.1) is 30.5 Å². The molecule has 0 aliphatic carbocycles. The van der Waals surface area contributed by atoms with Crippen molar-refractivity contribution in [3.05, 3.63) is 58.6 Å². The number of esters is 1. The molecule has 0 bridgehead atoms. The molecule has 2 rings (SSSR count). The quantitative estimate of drug-likeness (QED) is 0.0631. The molecule has 40 heavy (non-hydrogen) atoms. The largest absolute Gasteiger partial charge is 0.493 e. The maximum atomic E-state index is 12.4. The van der Waals surface area contributed by atoms with Gasteiger partial charge in [-0.25, -0.2) is 10.2 Å². The van der Waals surface area contributed by atoms with E-state index in [1.165, 1.54) is 64.7 Å². The van der Waals surface area contributed by atoms with Crippen molar-refractivity contribution in [1.29, 1.82) is 0 Å². The van der Waals surface area contributed by atoms with E-state index < -0.39 is 11.9 Å². The molecule has 0 saturated carbocycles. The van der Waals surface area contributed by atoms with E-state index in [4.69, 9.17) is 21.1 Å². The highest BCUT2D eigenvalue weighted by molar-refractivity contribution is 6.33. The fourth-order valence-electron chi connectivity index (χ4n) is 4.07. The number of benzene rings is 2. The van der Waals surface area contributed by atoms with Crippen LogP contribution in [0.2, 0.25) is 5.02 Å². The Bertz CT molecular complexity index is 1110. The summed E-state index contributed by atoms with van der Waals surface area (Å²) in [5, 5.41) is 6.83. The number of amides is 2. The molecule has 0 fully saturated rings. The highest BCUT2D eigenvalue weighted by Crippen LogP contribution is 2.29. The molecule has 2 amide bonds. The lowest BCUT2D eigenvalue weighted by Crippen LogP contribution is -2.34. The minimum absolute atomic E-state index is 0.137. The van der Waals surface area contributed by atoms with Gasteiger partial charge in [-0.15, -0.1) is 0 Å². The van der Waals surface area contributed by atoms with Crippen LogP contribution >= 0.6 is 11.6 Å². The Labute approximate surface area is 242 Å². The summed E-state index contributed by atoms with van der Waals surface area (Å²) < 4.78 is 10.7. The first kappa shape index (κ1) is 32.8. The number of hydrazone groups is 1. The molecular formula is C31H42ClN3O5. The molecule has 0 aliphatic rings. The number of halogens is 1. The number of nitrogens with one attached hydrogen (secondary N) is 2. The molecule has 0 heterocycles. The van der Waals surface area contributed by atoms with Crippen LogP contribution < -0.4 is 20.2 Å². The van der Waals surface area contributed by atoms with Gasteiger partial charge in [-0.2, -0.15) is 5.10 Å². The molecule has 0 radical (unpaired) electrons. The van der Waals surface area contributed by atoms with Crippen molar-refractivity contribution in [3.63, 3.8) is 0 Å². The van der Waals surface area contributed by atoms with Crippen LogP contribution in [-0.2, 0) is 9.59 Å². The first-order chi connectivity index (χ1) is 19.4. The molecular weight excluding hydrogens is 530 g/mol. The normalized spacial score (nSPS) is 10.9. The average Bonchev–Trinajstić information content (AvgIpc) is 2.95. The van der Waals surface area contributed by atoms with Crippen LogP contribution in [0, 0.1) is 0 Å². The van der Waals surface area contributed by atoms with E-state index in [0.717, 1.165) is 19.3 Å². The van der Waals surface area contributed by atoms with Crippen LogP contribution in [0.25, 0.3) is 0 Å². The van der Waals surface area contributed by atoms with Crippen LogP contribution in [0.3, 0.4) is 0 Å². The van der Waals surface area contributed by atoms with Gasteiger partial charge < -0.3 is 14.8 Å². The Kier molecular flexibility index (Phi) is 16.1. The second-order valence-electron chi connectivity index (χ2n) is 9.64. The lowest BCUT2D eigenvalue weighted by molar-refractivity contribution is -0.126. The summed E-state index contributed by atoms with van der Waals surface area (Å²) in [7, 11) is 1.45. The van der Waals surface area contributed by atoms with Crippen molar-refractivity contribution in [2.75, 3.05) is 13.7 Å². The summed E-state index contributed by atoms with van der Waals surface area (Å²) in [5.41, 5.74) is 3.23. The van der Waals surface area contributed by atoms with Crippen LogP contribution in [-0.4, -0.2) is 37.7 Å². The predicted octanol–water partition coefficient (Wildman–Crippen LogP) is 6.84. The van der Waals surface area contributed by atoms with Gasteiger partial charge in [0, 0.05) is 6.42 Å². The zero-order valence-corrected chi connectivity index (χ0v) is 24.4. The van der Waals surface area contributed by atoms with Crippen molar-refractivity contribution >= 4 is 35.6 Å². The SMILES string of the molecule is CCCCCCCCCCCCCC(=O)NCC(=O)N/N=C\c1ccc(OC(=O)c2ccccc2Cl)c(OC)c1. The number of carbonyl (C=O) groups excluding carboxylic acids is 3. The Balaban J connectivity index is 1.63. The second kappa shape index (κ2) is 19.6. The monoisotopic (exact) mass is 571 g/mol. The third-order valence-electron chi connectivity index (χ3n) is 6.34. The van der Waals surface area contributed by atoms with E-state index in [2.05, 4.69) is 22.8 Å². The number of nitrogens with zero attached hydrogens (tertiary/aromatic N) is 1. The van der Waals surface area contributed by atoms with Gasteiger partial charge in [-0.05, 0) is 42.3 Å². The van der Waals surface area contributed by atoms with Crippen LogP contribution in [0.4, 0.5) is 0 Å². The number of hydrogen-bond acceptors (Lipinski definition) is 6. The molecule has 8 nitrogen and oxygen atoms in total. The second-order valence-corrected chi connectivity index (χ2v) is 10.0. The molecule has 2 N–H and O–H groups in total.